The lowest BCUT2D eigenvalue weighted by Gasteiger charge is -2.13. The molecule has 4 N–H and O–H groups in total. The van der Waals surface area contributed by atoms with Crippen molar-refractivity contribution in [3.05, 3.63) is 29.8 Å². The molecule has 0 spiro atoms. The fraction of sp³-hybridized carbons (Fsp3) is 0.462. The molecule has 4 heteroatoms. The molecule has 1 atom stereocenters. The molecule has 0 radical (unpaired) electrons. The summed E-state index contributed by atoms with van der Waals surface area (Å²) in [6.45, 7) is 2.58. The lowest BCUT2D eigenvalue weighted by molar-refractivity contribution is 0.0951. The molecule has 2 rings (SSSR count). The SMILES string of the molecule is CC(CN)Nc1cccc(C(=O)NC2CC2)c1. The summed E-state index contributed by atoms with van der Waals surface area (Å²) in [5.74, 6) is 0.0107. The predicted molar refractivity (Wildman–Crippen MR) is 69.1 cm³/mol. The summed E-state index contributed by atoms with van der Waals surface area (Å²) < 4.78 is 0. The third-order valence-electron chi connectivity index (χ3n) is 2.80. The van der Waals surface area contributed by atoms with E-state index in [2.05, 4.69) is 10.6 Å². The van der Waals surface area contributed by atoms with Crippen molar-refractivity contribution in [2.45, 2.75) is 31.8 Å². The van der Waals surface area contributed by atoms with Crippen LogP contribution in [0, 0.1) is 0 Å². The van der Waals surface area contributed by atoms with Crippen LogP contribution < -0.4 is 16.4 Å². The zero-order valence-corrected chi connectivity index (χ0v) is 10.1. The van der Waals surface area contributed by atoms with Crippen molar-refractivity contribution in [3.63, 3.8) is 0 Å². The van der Waals surface area contributed by atoms with E-state index < -0.39 is 0 Å². The normalized spacial score (nSPS) is 16.4. The summed E-state index contributed by atoms with van der Waals surface area (Å²) in [6.07, 6.45) is 2.21. The monoisotopic (exact) mass is 233 g/mol. The van der Waals surface area contributed by atoms with Gasteiger partial charge in [-0.05, 0) is 38.0 Å². The second-order valence-electron chi connectivity index (χ2n) is 4.61. The van der Waals surface area contributed by atoms with Gasteiger partial charge in [0.25, 0.3) is 5.91 Å². The van der Waals surface area contributed by atoms with Crippen molar-refractivity contribution < 1.29 is 4.79 Å². The van der Waals surface area contributed by atoms with Crippen LogP contribution in [0.15, 0.2) is 24.3 Å². The van der Waals surface area contributed by atoms with Crippen LogP contribution in [0.5, 0.6) is 0 Å². The van der Waals surface area contributed by atoms with Crippen LogP contribution in [0.2, 0.25) is 0 Å². The number of rotatable bonds is 5. The van der Waals surface area contributed by atoms with Gasteiger partial charge in [-0.3, -0.25) is 4.79 Å². The Kier molecular flexibility index (Phi) is 3.64. The van der Waals surface area contributed by atoms with Gasteiger partial charge < -0.3 is 16.4 Å². The number of nitrogens with one attached hydrogen (secondary N) is 2. The number of nitrogens with two attached hydrogens (primary N) is 1. The highest BCUT2D eigenvalue weighted by molar-refractivity contribution is 5.95. The van der Waals surface area contributed by atoms with E-state index in [1.54, 1.807) is 0 Å². The van der Waals surface area contributed by atoms with E-state index in [1.165, 1.54) is 0 Å². The van der Waals surface area contributed by atoms with Gasteiger partial charge in [0.15, 0.2) is 0 Å². The quantitative estimate of drug-likeness (QED) is 0.719. The molecule has 0 saturated heterocycles. The number of amides is 1. The summed E-state index contributed by atoms with van der Waals surface area (Å²) in [5.41, 5.74) is 7.19. The third-order valence-corrected chi connectivity index (χ3v) is 2.80. The fourth-order valence-electron chi connectivity index (χ4n) is 1.59. The molecule has 0 bridgehead atoms. The first-order valence-corrected chi connectivity index (χ1v) is 6.06. The van der Waals surface area contributed by atoms with E-state index >= 15 is 0 Å². The van der Waals surface area contributed by atoms with E-state index in [4.69, 9.17) is 5.73 Å². The molecule has 17 heavy (non-hydrogen) atoms. The van der Waals surface area contributed by atoms with Crippen LogP contribution in [0.3, 0.4) is 0 Å². The fourth-order valence-corrected chi connectivity index (χ4v) is 1.59. The van der Waals surface area contributed by atoms with Crippen LogP contribution >= 0.6 is 0 Å². The molecular weight excluding hydrogens is 214 g/mol. The van der Waals surface area contributed by atoms with Gasteiger partial charge in [0.05, 0.1) is 0 Å². The molecule has 1 amide bonds. The Morgan fingerprint density at radius 2 is 2.29 bits per heavy atom. The average molecular weight is 233 g/mol. The first-order valence-electron chi connectivity index (χ1n) is 6.06. The van der Waals surface area contributed by atoms with E-state index in [0.717, 1.165) is 18.5 Å². The van der Waals surface area contributed by atoms with Crippen molar-refractivity contribution in [2.75, 3.05) is 11.9 Å². The first-order chi connectivity index (χ1) is 8.19. The summed E-state index contributed by atoms with van der Waals surface area (Å²) in [5, 5.41) is 6.22. The molecular formula is C13H19N3O. The number of benzene rings is 1. The highest BCUT2D eigenvalue weighted by Gasteiger charge is 2.23. The molecule has 1 aromatic carbocycles. The maximum Gasteiger partial charge on any atom is 0.251 e. The molecule has 0 aliphatic heterocycles. The van der Waals surface area contributed by atoms with Crippen LogP contribution in [-0.2, 0) is 0 Å². The Balaban J connectivity index is 2.01. The largest absolute Gasteiger partial charge is 0.381 e. The lowest BCUT2D eigenvalue weighted by atomic mass is 10.1. The minimum Gasteiger partial charge on any atom is -0.381 e. The van der Waals surface area contributed by atoms with Gasteiger partial charge >= 0.3 is 0 Å². The van der Waals surface area contributed by atoms with E-state index in [1.807, 2.05) is 31.2 Å². The molecule has 92 valence electrons. The van der Waals surface area contributed by atoms with Crippen molar-refractivity contribution in [1.82, 2.24) is 5.32 Å². The molecule has 4 nitrogen and oxygen atoms in total. The minimum absolute atomic E-state index is 0.0107. The molecule has 1 unspecified atom stereocenters. The third kappa shape index (κ3) is 3.46. The highest BCUT2D eigenvalue weighted by atomic mass is 16.1. The second-order valence-corrected chi connectivity index (χ2v) is 4.61. The Morgan fingerprint density at radius 3 is 2.94 bits per heavy atom. The van der Waals surface area contributed by atoms with Crippen LogP contribution in [-0.4, -0.2) is 24.5 Å². The van der Waals surface area contributed by atoms with E-state index in [-0.39, 0.29) is 11.9 Å². The molecule has 0 aromatic heterocycles. The lowest BCUT2D eigenvalue weighted by Crippen LogP contribution is -2.27. The van der Waals surface area contributed by atoms with Crippen LogP contribution in [0.4, 0.5) is 5.69 Å². The van der Waals surface area contributed by atoms with Crippen LogP contribution in [0.1, 0.15) is 30.1 Å². The van der Waals surface area contributed by atoms with Gasteiger partial charge in [0.2, 0.25) is 0 Å². The number of hydrogen-bond donors (Lipinski definition) is 3. The summed E-state index contributed by atoms with van der Waals surface area (Å²) >= 11 is 0. The van der Waals surface area contributed by atoms with Crippen molar-refractivity contribution in [2.24, 2.45) is 5.73 Å². The van der Waals surface area contributed by atoms with Crippen molar-refractivity contribution in [1.29, 1.82) is 0 Å². The zero-order valence-electron chi connectivity index (χ0n) is 10.1. The average Bonchev–Trinajstić information content (AvgIpc) is 3.13. The maximum absolute atomic E-state index is 11.8. The molecule has 1 aromatic rings. The first kappa shape index (κ1) is 11.9. The Bertz CT molecular complexity index is 401. The van der Waals surface area contributed by atoms with Crippen molar-refractivity contribution in [3.8, 4) is 0 Å². The minimum atomic E-state index is 0.0107. The van der Waals surface area contributed by atoms with Crippen molar-refractivity contribution >= 4 is 11.6 Å². The number of hydrogen-bond acceptors (Lipinski definition) is 3. The standard InChI is InChI=1S/C13H19N3O/c1-9(8-14)15-12-4-2-3-10(7-12)13(17)16-11-5-6-11/h2-4,7,9,11,15H,5-6,8,14H2,1H3,(H,16,17). The zero-order chi connectivity index (χ0) is 12.3. The van der Waals surface area contributed by atoms with Gasteiger partial charge in [-0.15, -0.1) is 0 Å². The topological polar surface area (TPSA) is 67.1 Å². The van der Waals surface area contributed by atoms with Gasteiger partial charge in [-0.25, -0.2) is 0 Å². The van der Waals surface area contributed by atoms with Gasteiger partial charge in [0.1, 0.15) is 0 Å². The van der Waals surface area contributed by atoms with Gasteiger partial charge in [-0.2, -0.15) is 0 Å². The highest BCUT2D eigenvalue weighted by Crippen LogP contribution is 2.20. The summed E-state index contributed by atoms with van der Waals surface area (Å²) in [6, 6.07) is 8.12. The molecule has 1 aliphatic rings. The predicted octanol–water partition coefficient (Wildman–Crippen LogP) is 1.34. The van der Waals surface area contributed by atoms with Gasteiger partial charge in [0, 0.05) is 29.9 Å². The Hall–Kier alpha value is -1.55. The Labute approximate surface area is 102 Å². The smallest absolute Gasteiger partial charge is 0.251 e. The number of carbonyl (C=O) groups excluding carboxylic acids is 1. The molecule has 1 fully saturated rings. The van der Waals surface area contributed by atoms with E-state index in [9.17, 15) is 4.79 Å². The maximum atomic E-state index is 11.8. The van der Waals surface area contributed by atoms with Gasteiger partial charge in [-0.1, -0.05) is 6.07 Å². The number of carbonyl (C=O) groups is 1. The molecule has 1 saturated carbocycles. The summed E-state index contributed by atoms with van der Waals surface area (Å²) in [4.78, 5) is 11.8. The van der Waals surface area contributed by atoms with E-state index in [0.29, 0.717) is 18.2 Å². The number of anilines is 1. The molecule has 0 heterocycles. The Morgan fingerprint density at radius 1 is 1.53 bits per heavy atom. The van der Waals surface area contributed by atoms with Crippen LogP contribution in [0.25, 0.3) is 0 Å². The molecule has 1 aliphatic carbocycles. The second kappa shape index (κ2) is 5.19. The summed E-state index contributed by atoms with van der Waals surface area (Å²) in [7, 11) is 0.